The molecule has 3 aliphatic heterocycles. The number of piperazine rings is 1. The molecule has 0 aromatic heterocycles. The van der Waals surface area contributed by atoms with Gasteiger partial charge in [-0.05, 0) is 31.0 Å². The number of para-hydroxylation sites is 1. The summed E-state index contributed by atoms with van der Waals surface area (Å²) in [5.41, 5.74) is 2.33. The summed E-state index contributed by atoms with van der Waals surface area (Å²) in [6.45, 7) is 6.03. The second kappa shape index (κ2) is 7.14. The van der Waals surface area contributed by atoms with Gasteiger partial charge < -0.3 is 15.1 Å². The molecule has 0 spiro atoms. The third-order valence-electron chi connectivity index (χ3n) is 5.64. The number of fused-ring (bicyclic) bond motifs is 1. The Morgan fingerprint density at radius 1 is 1.08 bits per heavy atom. The average molecular weight is 342 g/mol. The topological polar surface area (TPSA) is 55.9 Å². The van der Waals surface area contributed by atoms with E-state index in [0.29, 0.717) is 6.54 Å². The van der Waals surface area contributed by atoms with Crippen LogP contribution in [0.4, 0.5) is 5.69 Å². The fraction of sp³-hybridized carbons (Fsp3) is 0.579. The number of benzene rings is 1. The minimum atomic E-state index is 0.147. The van der Waals surface area contributed by atoms with E-state index in [9.17, 15) is 9.59 Å². The highest BCUT2D eigenvalue weighted by atomic mass is 16.2. The molecule has 0 bridgehead atoms. The summed E-state index contributed by atoms with van der Waals surface area (Å²) in [5, 5.41) is 3.26. The number of rotatable bonds is 3. The van der Waals surface area contributed by atoms with Crippen molar-refractivity contribution >= 4 is 17.5 Å². The van der Waals surface area contributed by atoms with Crippen LogP contribution >= 0.6 is 0 Å². The van der Waals surface area contributed by atoms with Crippen LogP contribution in [-0.4, -0.2) is 74.0 Å². The van der Waals surface area contributed by atoms with E-state index >= 15 is 0 Å². The number of anilines is 1. The van der Waals surface area contributed by atoms with Gasteiger partial charge in [-0.3, -0.25) is 14.5 Å². The van der Waals surface area contributed by atoms with Gasteiger partial charge in [0.15, 0.2) is 0 Å². The van der Waals surface area contributed by atoms with Gasteiger partial charge in [-0.2, -0.15) is 0 Å². The van der Waals surface area contributed by atoms with Crippen molar-refractivity contribution in [3.05, 3.63) is 29.8 Å². The van der Waals surface area contributed by atoms with E-state index in [4.69, 9.17) is 0 Å². The first-order valence-electron chi connectivity index (χ1n) is 9.32. The summed E-state index contributed by atoms with van der Waals surface area (Å²) in [4.78, 5) is 31.2. The van der Waals surface area contributed by atoms with Gasteiger partial charge in [0.05, 0.1) is 12.5 Å². The molecule has 0 aliphatic carbocycles. The third-order valence-corrected chi connectivity index (χ3v) is 5.64. The number of nitrogens with one attached hydrogen (secondary N) is 1. The zero-order valence-electron chi connectivity index (χ0n) is 14.6. The monoisotopic (exact) mass is 342 g/mol. The summed E-state index contributed by atoms with van der Waals surface area (Å²) in [7, 11) is 0. The maximum Gasteiger partial charge on any atom is 0.241 e. The highest BCUT2D eigenvalue weighted by Gasteiger charge is 2.31. The zero-order valence-corrected chi connectivity index (χ0v) is 14.6. The number of nitrogens with zero attached hydrogens (tertiary/aromatic N) is 3. The standard InChI is InChI=1S/C19H26N4O2/c24-18(23-8-6-15-3-1-2-4-17(15)23)14-21-9-11-22(12-10-21)19(25)16-5-7-20-13-16/h1-4,16,20H,5-14H2. The molecule has 1 aromatic carbocycles. The summed E-state index contributed by atoms with van der Waals surface area (Å²) >= 11 is 0. The van der Waals surface area contributed by atoms with Crippen LogP contribution in [-0.2, 0) is 16.0 Å². The minimum absolute atomic E-state index is 0.147. The molecule has 4 rings (SSSR count). The fourth-order valence-electron chi connectivity index (χ4n) is 4.12. The van der Waals surface area contributed by atoms with Gasteiger partial charge in [-0.15, -0.1) is 0 Å². The van der Waals surface area contributed by atoms with Gasteiger partial charge >= 0.3 is 0 Å². The smallest absolute Gasteiger partial charge is 0.241 e. The molecule has 2 amide bonds. The molecule has 25 heavy (non-hydrogen) atoms. The molecule has 0 radical (unpaired) electrons. The molecule has 6 nitrogen and oxygen atoms in total. The number of carbonyl (C=O) groups excluding carboxylic acids is 2. The highest BCUT2D eigenvalue weighted by molar-refractivity contribution is 5.96. The van der Waals surface area contributed by atoms with Crippen molar-refractivity contribution in [2.45, 2.75) is 12.8 Å². The van der Waals surface area contributed by atoms with Crippen LogP contribution < -0.4 is 10.2 Å². The molecular weight excluding hydrogens is 316 g/mol. The first kappa shape index (κ1) is 16.5. The lowest BCUT2D eigenvalue weighted by Crippen LogP contribution is -2.52. The molecule has 1 atom stereocenters. The summed E-state index contributed by atoms with van der Waals surface area (Å²) in [6.07, 6.45) is 1.89. The Hall–Kier alpha value is -1.92. The van der Waals surface area contributed by atoms with E-state index in [1.807, 2.05) is 28.0 Å². The van der Waals surface area contributed by atoms with Crippen molar-refractivity contribution in [3.8, 4) is 0 Å². The van der Waals surface area contributed by atoms with Crippen LogP contribution in [0.3, 0.4) is 0 Å². The first-order valence-corrected chi connectivity index (χ1v) is 9.32. The maximum absolute atomic E-state index is 12.7. The fourth-order valence-corrected chi connectivity index (χ4v) is 4.12. The van der Waals surface area contributed by atoms with Crippen molar-refractivity contribution in [3.63, 3.8) is 0 Å². The van der Waals surface area contributed by atoms with Crippen LogP contribution in [0.2, 0.25) is 0 Å². The molecule has 3 heterocycles. The Kier molecular flexibility index (Phi) is 4.72. The van der Waals surface area contributed by atoms with E-state index in [2.05, 4.69) is 16.3 Å². The SMILES string of the molecule is O=C(C1CCNC1)N1CCN(CC(=O)N2CCc3ccccc32)CC1. The second-order valence-electron chi connectivity index (χ2n) is 7.22. The Morgan fingerprint density at radius 3 is 2.64 bits per heavy atom. The predicted molar refractivity (Wildman–Crippen MR) is 96.5 cm³/mol. The first-order chi connectivity index (χ1) is 12.2. The average Bonchev–Trinajstić information content (AvgIpc) is 3.31. The molecule has 1 N–H and O–H groups in total. The Labute approximate surface area is 148 Å². The van der Waals surface area contributed by atoms with Crippen LogP contribution in [0.25, 0.3) is 0 Å². The number of amides is 2. The zero-order chi connectivity index (χ0) is 17.2. The van der Waals surface area contributed by atoms with E-state index in [1.165, 1.54) is 5.56 Å². The van der Waals surface area contributed by atoms with Crippen molar-refractivity contribution in [2.24, 2.45) is 5.92 Å². The highest BCUT2D eigenvalue weighted by Crippen LogP contribution is 2.27. The molecule has 6 heteroatoms. The summed E-state index contributed by atoms with van der Waals surface area (Å²) in [6, 6.07) is 8.16. The van der Waals surface area contributed by atoms with Crippen LogP contribution in [0.15, 0.2) is 24.3 Å². The molecule has 0 saturated carbocycles. The van der Waals surface area contributed by atoms with E-state index in [-0.39, 0.29) is 17.7 Å². The van der Waals surface area contributed by atoms with Crippen LogP contribution in [0.5, 0.6) is 0 Å². The van der Waals surface area contributed by atoms with Crippen molar-refractivity contribution in [2.75, 3.05) is 57.3 Å². The molecule has 2 fully saturated rings. The van der Waals surface area contributed by atoms with E-state index < -0.39 is 0 Å². The second-order valence-corrected chi connectivity index (χ2v) is 7.22. The normalized spacial score (nSPS) is 23.8. The Morgan fingerprint density at radius 2 is 1.88 bits per heavy atom. The van der Waals surface area contributed by atoms with Gasteiger partial charge in [0, 0.05) is 45.0 Å². The van der Waals surface area contributed by atoms with Gasteiger partial charge in [0.25, 0.3) is 0 Å². The van der Waals surface area contributed by atoms with Crippen LogP contribution in [0.1, 0.15) is 12.0 Å². The largest absolute Gasteiger partial charge is 0.340 e. The molecule has 1 unspecified atom stereocenters. The summed E-state index contributed by atoms with van der Waals surface area (Å²) in [5.74, 6) is 0.600. The lowest BCUT2D eigenvalue weighted by Gasteiger charge is -2.36. The lowest BCUT2D eigenvalue weighted by molar-refractivity contribution is -0.136. The Bertz CT molecular complexity index is 649. The number of carbonyl (C=O) groups is 2. The molecular formula is C19H26N4O2. The van der Waals surface area contributed by atoms with Gasteiger partial charge in [-0.1, -0.05) is 18.2 Å². The Balaban J connectivity index is 1.29. The summed E-state index contributed by atoms with van der Waals surface area (Å²) < 4.78 is 0. The van der Waals surface area contributed by atoms with Crippen LogP contribution in [0, 0.1) is 5.92 Å². The third kappa shape index (κ3) is 3.41. The van der Waals surface area contributed by atoms with Gasteiger partial charge in [0.2, 0.25) is 11.8 Å². The number of hydrogen-bond acceptors (Lipinski definition) is 4. The quantitative estimate of drug-likeness (QED) is 0.860. The van der Waals surface area contributed by atoms with E-state index in [1.54, 1.807) is 0 Å². The van der Waals surface area contributed by atoms with Gasteiger partial charge in [0.1, 0.15) is 0 Å². The van der Waals surface area contributed by atoms with Gasteiger partial charge in [-0.25, -0.2) is 0 Å². The molecule has 2 saturated heterocycles. The minimum Gasteiger partial charge on any atom is -0.340 e. The van der Waals surface area contributed by atoms with Crippen molar-refractivity contribution in [1.82, 2.24) is 15.1 Å². The molecule has 134 valence electrons. The van der Waals surface area contributed by atoms with Crippen molar-refractivity contribution in [1.29, 1.82) is 0 Å². The van der Waals surface area contributed by atoms with E-state index in [0.717, 1.165) is 64.3 Å². The lowest BCUT2D eigenvalue weighted by atomic mass is 10.1. The molecule has 3 aliphatic rings. The molecule has 1 aromatic rings. The predicted octanol–water partition coefficient (Wildman–Crippen LogP) is 0.329. The van der Waals surface area contributed by atoms with Crippen molar-refractivity contribution < 1.29 is 9.59 Å². The maximum atomic E-state index is 12.7. The number of hydrogen-bond donors (Lipinski definition) is 1.